The monoisotopic (exact) mass is 249 g/mol. The second kappa shape index (κ2) is 5.85. The Bertz CT molecular complexity index is 401. The van der Waals surface area contributed by atoms with Crippen molar-refractivity contribution in [3.63, 3.8) is 0 Å². The summed E-state index contributed by atoms with van der Waals surface area (Å²) < 4.78 is 5.21. The molecule has 18 heavy (non-hydrogen) atoms. The quantitative estimate of drug-likeness (QED) is 0.821. The van der Waals surface area contributed by atoms with Crippen LogP contribution in [0.4, 0.5) is 0 Å². The van der Waals surface area contributed by atoms with Gasteiger partial charge in [-0.1, -0.05) is 0 Å². The van der Waals surface area contributed by atoms with Crippen LogP contribution in [0.25, 0.3) is 0 Å². The molecule has 1 aliphatic carbocycles. The lowest BCUT2D eigenvalue weighted by molar-refractivity contribution is -0.134. The second-order valence-electron chi connectivity index (χ2n) is 4.85. The van der Waals surface area contributed by atoms with Crippen LogP contribution in [0.3, 0.4) is 0 Å². The Morgan fingerprint density at radius 1 is 1.44 bits per heavy atom. The fourth-order valence-corrected chi connectivity index (χ4v) is 2.38. The van der Waals surface area contributed by atoms with E-state index in [-0.39, 0.29) is 11.9 Å². The van der Waals surface area contributed by atoms with Crippen molar-refractivity contribution in [2.24, 2.45) is 0 Å². The average Bonchev–Trinajstić information content (AvgIpc) is 2.89. The number of hydrogen-bond acceptors (Lipinski definition) is 3. The van der Waals surface area contributed by atoms with Gasteiger partial charge in [0.1, 0.15) is 11.5 Å². The Kier molecular flexibility index (Phi) is 4.18. The number of hydrogen-bond donors (Lipinski definition) is 0. The first kappa shape index (κ1) is 12.9. The zero-order valence-electron chi connectivity index (χ0n) is 10.7. The van der Waals surface area contributed by atoms with Crippen molar-refractivity contribution in [3.8, 4) is 0 Å². The lowest BCUT2D eigenvalue weighted by atomic mass is 9.93. The molecule has 98 valence electrons. The van der Waals surface area contributed by atoms with Crippen LogP contribution in [-0.2, 0) is 16.0 Å². The Labute approximate surface area is 107 Å². The minimum atomic E-state index is 0.130. The molecule has 1 fully saturated rings. The van der Waals surface area contributed by atoms with E-state index in [0.717, 1.165) is 18.6 Å². The minimum Gasteiger partial charge on any atom is -0.469 e. The van der Waals surface area contributed by atoms with Crippen LogP contribution in [0.5, 0.6) is 0 Å². The van der Waals surface area contributed by atoms with E-state index in [1.165, 1.54) is 0 Å². The summed E-state index contributed by atoms with van der Waals surface area (Å²) in [5, 5.41) is 0. The molecule has 4 nitrogen and oxygen atoms in total. The van der Waals surface area contributed by atoms with E-state index in [2.05, 4.69) is 0 Å². The molecule has 1 aliphatic rings. The largest absolute Gasteiger partial charge is 0.469 e. The lowest BCUT2D eigenvalue weighted by Crippen LogP contribution is -2.39. The van der Waals surface area contributed by atoms with E-state index in [1.54, 1.807) is 11.2 Å². The molecule has 1 heterocycles. The number of carbonyl (C=O) groups excluding carboxylic acids is 2. The molecule has 0 N–H and O–H groups in total. The maximum absolute atomic E-state index is 12.0. The highest BCUT2D eigenvalue weighted by molar-refractivity contribution is 5.80. The van der Waals surface area contributed by atoms with Gasteiger partial charge < -0.3 is 9.32 Å². The molecule has 2 rings (SSSR count). The molecule has 1 amide bonds. The summed E-state index contributed by atoms with van der Waals surface area (Å²) in [4.78, 5) is 25.0. The zero-order chi connectivity index (χ0) is 13.0. The van der Waals surface area contributed by atoms with Crippen LogP contribution in [0.2, 0.25) is 0 Å². The van der Waals surface area contributed by atoms with Gasteiger partial charge in [0.15, 0.2) is 0 Å². The van der Waals surface area contributed by atoms with Gasteiger partial charge in [-0.25, -0.2) is 0 Å². The first-order valence-electron chi connectivity index (χ1n) is 6.46. The number of aryl methyl sites for hydroxylation is 1. The molecule has 0 radical (unpaired) electrons. The van der Waals surface area contributed by atoms with Crippen molar-refractivity contribution in [1.29, 1.82) is 0 Å². The Morgan fingerprint density at radius 3 is 2.78 bits per heavy atom. The first-order valence-corrected chi connectivity index (χ1v) is 6.46. The summed E-state index contributed by atoms with van der Waals surface area (Å²) in [5.41, 5.74) is 0. The van der Waals surface area contributed by atoms with E-state index in [1.807, 2.05) is 19.2 Å². The maximum Gasteiger partial charge on any atom is 0.223 e. The lowest BCUT2D eigenvalue weighted by Gasteiger charge is -2.30. The molecule has 0 unspecified atom stereocenters. The summed E-state index contributed by atoms with van der Waals surface area (Å²) in [7, 11) is 1.84. The van der Waals surface area contributed by atoms with E-state index < -0.39 is 0 Å². The van der Waals surface area contributed by atoms with Gasteiger partial charge in [0, 0.05) is 38.8 Å². The van der Waals surface area contributed by atoms with E-state index in [0.29, 0.717) is 31.5 Å². The summed E-state index contributed by atoms with van der Waals surface area (Å²) in [6.07, 6.45) is 5.57. The molecular weight excluding hydrogens is 230 g/mol. The fourth-order valence-electron chi connectivity index (χ4n) is 2.38. The molecule has 0 aliphatic heterocycles. The maximum atomic E-state index is 12.0. The zero-order valence-corrected chi connectivity index (χ0v) is 10.7. The highest BCUT2D eigenvalue weighted by Gasteiger charge is 2.24. The molecule has 0 atom stereocenters. The van der Waals surface area contributed by atoms with Crippen LogP contribution in [0.15, 0.2) is 22.8 Å². The van der Waals surface area contributed by atoms with Crippen LogP contribution in [-0.4, -0.2) is 29.7 Å². The van der Waals surface area contributed by atoms with Gasteiger partial charge in [0.25, 0.3) is 0 Å². The highest BCUT2D eigenvalue weighted by Crippen LogP contribution is 2.20. The molecule has 4 heteroatoms. The van der Waals surface area contributed by atoms with Crippen LogP contribution in [0, 0.1) is 0 Å². The molecule has 0 aromatic carbocycles. The second-order valence-corrected chi connectivity index (χ2v) is 4.85. The van der Waals surface area contributed by atoms with Crippen LogP contribution >= 0.6 is 0 Å². The average molecular weight is 249 g/mol. The number of ketones is 1. The Morgan fingerprint density at radius 2 is 2.17 bits per heavy atom. The summed E-state index contributed by atoms with van der Waals surface area (Å²) >= 11 is 0. The molecule has 1 saturated carbocycles. The molecule has 1 aromatic rings. The number of carbonyl (C=O) groups is 2. The van der Waals surface area contributed by atoms with Crippen molar-refractivity contribution in [1.82, 2.24) is 4.90 Å². The molecule has 1 aromatic heterocycles. The van der Waals surface area contributed by atoms with Gasteiger partial charge in [-0.2, -0.15) is 0 Å². The molecule has 0 bridgehead atoms. The number of amides is 1. The van der Waals surface area contributed by atoms with Crippen molar-refractivity contribution in [3.05, 3.63) is 24.2 Å². The summed E-state index contributed by atoms with van der Waals surface area (Å²) in [5.74, 6) is 1.30. The van der Waals surface area contributed by atoms with Gasteiger partial charge in [-0.05, 0) is 25.0 Å². The number of furan rings is 1. The van der Waals surface area contributed by atoms with E-state index >= 15 is 0 Å². The predicted octanol–water partition coefficient (Wildman–Crippen LogP) is 2.18. The van der Waals surface area contributed by atoms with Gasteiger partial charge >= 0.3 is 0 Å². The van der Waals surface area contributed by atoms with Gasteiger partial charge in [0.05, 0.1) is 6.26 Å². The first-order chi connectivity index (χ1) is 8.66. The summed E-state index contributed by atoms with van der Waals surface area (Å²) in [6.45, 7) is 0. The van der Waals surface area contributed by atoms with E-state index in [4.69, 9.17) is 4.42 Å². The highest BCUT2D eigenvalue weighted by atomic mass is 16.3. The third-order valence-electron chi connectivity index (χ3n) is 3.62. The summed E-state index contributed by atoms with van der Waals surface area (Å²) in [6, 6.07) is 3.94. The van der Waals surface area contributed by atoms with Gasteiger partial charge in [-0.15, -0.1) is 0 Å². The SMILES string of the molecule is CN(C(=O)CCc1ccco1)C1CCC(=O)CC1. The van der Waals surface area contributed by atoms with Crippen LogP contribution in [0.1, 0.15) is 37.9 Å². The third-order valence-corrected chi connectivity index (χ3v) is 3.62. The van der Waals surface area contributed by atoms with Gasteiger partial charge in [-0.3, -0.25) is 9.59 Å². The standard InChI is InChI=1S/C14H19NO3/c1-15(11-4-6-12(16)7-5-11)14(17)9-8-13-3-2-10-18-13/h2-3,10-11H,4-9H2,1H3. The number of Topliss-reactive ketones (excluding diaryl/α,β-unsaturated/α-hetero) is 1. The van der Waals surface area contributed by atoms with Gasteiger partial charge in [0.2, 0.25) is 5.91 Å². The molecule has 0 spiro atoms. The smallest absolute Gasteiger partial charge is 0.223 e. The Balaban J connectivity index is 1.79. The minimum absolute atomic E-state index is 0.130. The van der Waals surface area contributed by atoms with Crippen LogP contribution < -0.4 is 0 Å². The van der Waals surface area contributed by atoms with Crippen molar-refractivity contribution in [2.75, 3.05) is 7.05 Å². The number of rotatable bonds is 4. The normalized spacial score (nSPS) is 16.8. The van der Waals surface area contributed by atoms with Crippen molar-refractivity contribution < 1.29 is 14.0 Å². The fraction of sp³-hybridized carbons (Fsp3) is 0.571. The van der Waals surface area contributed by atoms with E-state index in [9.17, 15) is 9.59 Å². The molecular formula is C14H19NO3. The molecule has 0 saturated heterocycles. The van der Waals surface area contributed by atoms with Crippen molar-refractivity contribution in [2.45, 2.75) is 44.6 Å². The topological polar surface area (TPSA) is 50.5 Å². The van der Waals surface area contributed by atoms with Crippen molar-refractivity contribution >= 4 is 11.7 Å². The predicted molar refractivity (Wildman–Crippen MR) is 67.1 cm³/mol. The third kappa shape index (κ3) is 3.22. The Hall–Kier alpha value is -1.58. The number of nitrogens with zero attached hydrogens (tertiary/aromatic N) is 1.